The van der Waals surface area contributed by atoms with Gasteiger partial charge in [-0.05, 0) is 25.0 Å². The number of carbonyl (C=O) groups is 1. The summed E-state index contributed by atoms with van der Waals surface area (Å²) in [6.45, 7) is 1.68. The first-order valence-corrected chi connectivity index (χ1v) is 6.78. The van der Waals surface area contributed by atoms with Crippen molar-refractivity contribution in [1.29, 1.82) is 0 Å². The van der Waals surface area contributed by atoms with Crippen molar-refractivity contribution in [3.8, 4) is 0 Å². The van der Waals surface area contributed by atoms with Crippen molar-refractivity contribution in [2.45, 2.75) is 18.9 Å². The highest BCUT2D eigenvalue weighted by molar-refractivity contribution is 5.92. The van der Waals surface area contributed by atoms with E-state index in [2.05, 4.69) is 15.5 Å². The standard InChI is InChI=1S/C13H20N4O3/c1-14-12-3-2-11(15-16-12)13(19)17-6-4-10(5-7-17)20-9-8-18/h2-3,10,18H,4-9H2,1H3,(H,14,16). The Labute approximate surface area is 117 Å². The molecule has 0 atom stereocenters. The second-order valence-corrected chi connectivity index (χ2v) is 4.64. The Hall–Kier alpha value is -1.73. The number of nitrogens with one attached hydrogen (secondary N) is 1. The third-order valence-electron chi connectivity index (χ3n) is 3.31. The van der Waals surface area contributed by atoms with Gasteiger partial charge in [0.25, 0.3) is 5.91 Å². The molecule has 2 N–H and O–H groups in total. The number of nitrogens with zero attached hydrogens (tertiary/aromatic N) is 3. The summed E-state index contributed by atoms with van der Waals surface area (Å²) in [5.41, 5.74) is 0.360. The molecule has 1 saturated heterocycles. The van der Waals surface area contributed by atoms with Crippen LogP contribution in [0.25, 0.3) is 0 Å². The third kappa shape index (κ3) is 3.64. The Morgan fingerprint density at radius 1 is 1.45 bits per heavy atom. The molecule has 0 radical (unpaired) electrons. The summed E-state index contributed by atoms with van der Waals surface area (Å²) >= 11 is 0. The summed E-state index contributed by atoms with van der Waals surface area (Å²) in [6, 6.07) is 3.41. The fraction of sp³-hybridized carbons (Fsp3) is 0.615. The Morgan fingerprint density at radius 2 is 2.20 bits per heavy atom. The molecule has 1 aromatic rings. The molecule has 7 heteroatoms. The maximum absolute atomic E-state index is 12.2. The van der Waals surface area contributed by atoms with E-state index in [1.165, 1.54) is 0 Å². The van der Waals surface area contributed by atoms with Crippen LogP contribution in [0.15, 0.2) is 12.1 Å². The molecular weight excluding hydrogens is 260 g/mol. The van der Waals surface area contributed by atoms with E-state index < -0.39 is 0 Å². The van der Waals surface area contributed by atoms with Gasteiger partial charge < -0.3 is 20.1 Å². The number of piperidine rings is 1. The number of aliphatic hydroxyl groups excluding tert-OH is 1. The highest BCUT2D eigenvalue weighted by Gasteiger charge is 2.24. The molecule has 2 heterocycles. The molecule has 0 unspecified atom stereocenters. The lowest BCUT2D eigenvalue weighted by Gasteiger charge is -2.31. The van der Waals surface area contributed by atoms with Crippen molar-refractivity contribution in [3.63, 3.8) is 0 Å². The minimum atomic E-state index is -0.0965. The van der Waals surface area contributed by atoms with Gasteiger partial charge in [0.1, 0.15) is 5.82 Å². The maximum atomic E-state index is 12.2. The molecule has 2 rings (SSSR count). The van der Waals surface area contributed by atoms with Crippen molar-refractivity contribution in [3.05, 3.63) is 17.8 Å². The largest absolute Gasteiger partial charge is 0.394 e. The van der Waals surface area contributed by atoms with Crippen molar-refractivity contribution in [2.24, 2.45) is 0 Å². The number of likely N-dealkylation sites (tertiary alicyclic amines) is 1. The van der Waals surface area contributed by atoms with E-state index in [-0.39, 0.29) is 18.6 Å². The summed E-state index contributed by atoms with van der Waals surface area (Å²) < 4.78 is 5.47. The smallest absolute Gasteiger partial charge is 0.274 e. The average molecular weight is 280 g/mol. The number of amides is 1. The fourth-order valence-corrected chi connectivity index (χ4v) is 2.19. The molecule has 20 heavy (non-hydrogen) atoms. The van der Waals surface area contributed by atoms with Gasteiger partial charge in [-0.15, -0.1) is 10.2 Å². The predicted octanol–water partition coefficient (Wildman–Crippen LogP) is 0.132. The first-order valence-electron chi connectivity index (χ1n) is 6.78. The summed E-state index contributed by atoms with van der Waals surface area (Å²) in [5, 5.41) is 19.4. The number of anilines is 1. The van der Waals surface area contributed by atoms with Crippen molar-refractivity contribution >= 4 is 11.7 Å². The van der Waals surface area contributed by atoms with Crippen LogP contribution in [-0.2, 0) is 4.74 Å². The van der Waals surface area contributed by atoms with Gasteiger partial charge in [-0.25, -0.2) is 0 Å². The number of hydrogen-bond acceptors (Lipinski definition) is 6. The summed E-state index contributed by atoms with van der Waals surface area (Å²) in [6.07, 6.45) is 1.70. The minimum absolute atomic E-state index is 0.0343. The molecule has 7 nitrogen and oxygen atoms in total. The summed E-state index contributed by atoms with van der Waals surface area (Å²) in [7, 11) is 1.75. The normalized spacial score (nSPS) is 16.2. The van der Waals surface area contributed by atoms with Crippen molar-refractivity contribution in [2.75, 3.05) is 38.7 Å². The zero-order chi connectivity index (χ0) is 14.4. The molecular formula is C13H20N4O3. The zero-order valence-corrected chi connectivity index (χ0v) is 11.6. The second-order valence-electron chi connectivity index (χ2n) is 4.64. The van der Waals surface area contributed by atoms with E-state index >= 15 is 0 Å². The number of aromatic nitrogens is 2. The van der Waals surface area contributed by atoms with Gasteiger partial charge in [0.05, 0.1) is 19.3 Å². The van der Waals surface area contributed by atoms with Gasteiger partial charge in [0, 0.05) is 20.1 Å². The summed E-state index contributed by atoms with van der Waals surface area (Å²) in [4.78, 5) is 14.0. The van der Waals surface area contributed by atoms with Crippen LogP contribution >= 0.6 is 0 Å². The van der Waals surface area contributed by atoms with Crippen LogP contribution in [-0.4, -0.2) is 65.6 Å². The zero-order valence-electron chi connectivity index (χ0n) is 11.6. The lowest BCUT2D eigenvalue weighted by Crippen LogP contribution is -2.41. The Bertz CT molecular complexity index is 430. The number of hydrogen-bond donors (Lipinski definition) is 2. The number of rotatable bonds is 5. The lowest BCUT2D eigenvalue weighted by atomic mass is 10.1. The Kier molecular flexibility index (Phi) is 5.25. The van der Waals surface area contributed by atoms with Gasteiger partial charge in [-0.1, -0.05) is 0 Å². The molecule has 0 aromatic carbocycles. The number of aliphatic hydroxyl groups is 1. The third-order valence-corrected chi connectivity index (χ3v) is 3.31. The van der Waals surface area contributed by atoms with Crippen LogP contribution in [0.3, 0.4) is 0 Å². The van der Waals surface area contributed by atoms with Crippen molar-refractivity contribution < 1.29 is 14.6 Å². The van der Waals surface area contributed by atoms with E-state index in [1.807, 2.05) is 0 Å². The van der Waals surface area contributed by atoms with Crippen LogP contribution in [0.5, 0.6) is 0 Å². The van der Waals surface area contributed by atoms with Gasteiger partial charge in [-0.2, -0.15) is 0 Å². The molecule has 1 amide bonds. The van der Waals surface area contributed by atoms with E-state index in [0.717, 1.165) is 12.8 Å². The molecule has 1 aliphatic rings. The summed E-state index contributed by atoms with van der Waals surface area (Å²) in [5.74, 6) is 0.540. The van der Waals surface area contributed by atoms with Gasteiger partial charge in [0.2, 0.25) is 0 Å². The molecule has 110 valence electrons. The second kappa shape index (κ2) is 7.16. The molecule has 0 saturated carbocycles. The van der Waals surface area contributed by atoms with Crippen LogP contribution < -0.4 is 5.32 Å². The quantitative estimate of drug-likeness (QED) is 0.797. The van der Waals surface area contributed by atoms with E-state index in [4.69, 9.17) is 9.84 Å². The molecule has 0 bridgehead atoms. The van der Waals surface area contributed by atoms with Crippen LogP contribution in [0.4, 0.5) is 5.82 Å². The minimum Gasteiger partial charge on any atom is -0.394 e. The van der Waals surface area contributed by atoms with Crippen LogP contribution in [0, 0.1) is 0 Å². The molecule has 0 aliphatic carbocycles. The molecule has 0 spiro atoms. The SMILES string of the molecule is CNc1ccc(C(=O)N2CCC(OCCO)CC2)nn1. The highest BCUT2D eigenvalue weighted by atomic mass is 16.5. The Balaban J connectivity index is 1.87. The van der Waals surface area contributed by atoms with Crippen molar-refractivity contribution in [1.82, 2.24) is 15.1 Å². The molecule has 1 aromatic heterocycles. The van der Waals surface area contributed by atoms with Gasteiger partial charge in [-0.3, -0.25) is 4.79 Å². The van der Waals surface area contributed by atoms with E-state index in [1.54, 1.807) is 24.1 Å². The lowest BCUT2D eigenvalue weighted by molar-refractivity contribution is -0.00566. The van der Waals surface area contributed by atoms with E-state index in [0.29, 0.717) is 31.2 Å². The number of ether oxygens (including phenoxy) is 1. The molecule has 1 fully saturated rings. The fourth-order valence-electron chi connectivity index (χ4n) is 2.19. The number of carbonyl (C=O) groups excluding carboxylic acids is 1. The first kappa shape index (κ1) is 14.7. The first-order chi connectivity index (χ1) is 9.74. The highest BCUT2D eigenvalue weighted by Crippen LogP contribution is 2.15. The monoisotopic (exact) mass is 280 g/mol. The van der Waals surface area contributed by atoms with Crippen LogP contribution in [0.1, 0.15) is 23.3 Å². The average Bonchev–Trinajstić information content (AvgIpc) is 2.53. The van der Waals surface area contributed by atoms with Gasteiger partial charge in [0.15, 0.2) is 5.69 Å². The van der Waals surface area contributed by atoms with E-state index in [9.17, 15) is 4.79 Å². The predicted molar refractivity (Wildman–Crippen MR) is 73.5 cm³/mol. The van der Waals surface area contributed by atoms with Crippen LogP contribution in [0.2, 0.25) is 0 Å². The Morgan fingerprint density at radius 3 is 2.75 bits per heavy atom. The van der Waals surface area contributed by atoms with Gasteiger partial charge >= 0.3 is 0 Å². The molecule has 1 aliphatic heterocycles. The topological polar surface area (TPSA) is 87.6 Å². The maximum Gasteiger partial charge on any atom is 0.274 e.